The van der Waals surface area contributed by atoms with Crippen LogP contribution < -0.4 is 5.32 Å². The van der Waals surface area contributed by atoms with E-state index in [2.05, 4.69) is 25.3 Å². The van der Waals surface area contributed by atoms with Gasteiger partial charge in [-0.3, -0.25) is 9.36 Å². The van der Waals surface area contributed by atoms with Gasteiger partial charge in [0.1, 0.15) is 37.4 Å². The highest BCUT2D eigenvalue weighted by molar-refractivity contribution is 5.91. The van der Waals surface area contributed by atoms with Crippen molar-refractivity contribution >= 4 is 47.1 Å². The number of aromatic nitrogens is 4. The van der Waals surface area contributed by atoms with Crippen molar-refractivity contribution in [2.45, 2.75) is 114 Å². The van der Waals surface area contributed by atoms with Crippen molar-refractivity contribution in [1.82, 2.24) is 29.7 Å². The number of aliphatic hydroxyl groups excluding tert-OH is 1. The summed E-state index contributed by atoms with van der Waals surface area (Å²) in [6, 6.07) is 25.3. The lowest BCUT2D eigenvalue weighted by molar-refractivity contribution is -0.281. The minimum Gasteiger partial charge on any atom is -0.459 e. The monoisotopic (exact) mass is 991 g/mol. The molecule has 384 valence electrons. The second-order valence-corrected chi connectivity index (χ2v) is 18.0. The number of hydrogen-bond donors (Lipinski definition) is 2. The van der Waals surface area contributed by atoms with Gasteiger partial charge in [-0.1, -0.05) is 81.3 Å². The van der Waals surface area contributed by atoms with Gasteiger partial charge in [0.05, 0.1) is 35.5 Å². The normalized spacial score (nSPS) is 22.9. The number of nitrogens with zero attached hydrogens (tertiary/aromatic N) is 6. The summed E-state index contributed by atoms with van der Waals surface area (Å²) in [5.74, 6) is -2.21. The van der Waals surface area contributed by atoms with E-state index in [9.17, 15) is 24.3 Å². The highest BCUT2D eigenvalue weighted by Gasteiger charge is 2.50. The number of esters is 3. The Labute approximate surface area is 419 Å². The molecule has 2 saturated heterocycles. The molecule has 0 spiro atoms. The number of unbranched alkanes of at least 4 members (excludes halogenated alkanes) is 4. The maximum atomic E-state index is 13.5. The van der Waals surface area contributed by atoms with Crippen molar-refractivity contribution in [3.05, 3.63) is 120 Å². The summed E-state index contributed by atoms with van der Waals surface area (Å²) in [5.41, 5.74) is 1.95. The second kappa shape index (κ2) is 26.7. The van der Waals surface area contributed by atoms with E-state index < -0.39 is 73.0 Å². The summed E-state index contributed by atoms with van der Waals surface area (Å²) in [4.78, 5) is 72.3. The standard InChI is InChI=1S/C53H65N7O12/c1-5-39-43(62)46(49(69-39)60-34-57-42-47(58-33-59(3)4)55-32-56-48(42)60)66-29-19-7-6-18-28-54-41(61)27-17-20-30-67-53-35(2)44(71-51(64)37-23-13-9-14-24-37)45(72-52(65)38-25-15-10-16-26-38)40(70-53)31-68-50(63)36-21-11-8-12-22-36/h8-16,21-26,32-35,39-40,43-46,49,53,62H,5-7,17-20,27-31H2,1-4H3,(H,54,61)/b58-33-/t35-,39-,40-,43?,44-,45+,46+,49-,53-/m1/s1. The van der Waals surface area contributed by atoms with Crippen LogP contribution in [0.3, 0.4) is 0 Å². The summed E-state index contributed by atoms with van der Waals surface area (Å²) in [6.45, 7) is 4.55. The number of ether oxygens (including phenoxy) is 7. The summed E-state index contributed by atoms with van der Waals surface area (Å²) < 4.78 is 44.7. The Kier molecular flexibility index (Phi) is 19.7. The van der Waals surface area contributed by atoms with E-state index in [0.717, 1.165) is 25.7 Å². The number of carbonyl (C=O) groups is 4. The highest BCUT2D eigenvalue weighted by atomic mass is 16.7. The fourth-order valence-electron chi connectivity index (χ4n) is 8.48. The Morgan fingerprint density at radius 1 is 0.736 bits per heavy atom. The first-order chi connectivity index (χ1) is 35.0. The number of imidazole rings is 1. The lowest BCUT2D eigenvalue weighted by atomic mass is 9.91. The largest absolute Gasteiger partial charge is 0.459 e. The molecule has 4 heterocycles. The van der Waals surface area contributed by atoms with E-state index in [1.807, 2.05) is 21.0 Å². The quantitative estimate of drug-likeness (QED) is 0.0206. The number of benzene rings is 3. The number of fused-ring (bicyclic) bond motifs is 1. The van der Waals surface area contributed by atoms with Crippen molar-refractivity contribution in [2.75, 3.05) is 40.5 Å². The molecular formula is C53H65N7O12. The Morgan fingerprint density at radius 2 is 1.35 bits per heavy atom. The molecule has 2 N–H and O–H groups in total. The maximum Gasteiger partial charge on any atom is 0.338 e. The number of rotatable bonds is 25. The molecule has 3 aromatic carbocycles. The van der Waals surface area contributed by atoms with Crippen LogP contribution >= 0.6 is 0 Å². The number of amides is 1. The Morgan fingerprint density at radius 3 is 2.00 bits per heavy atom. The predicted octanol–water partition coefficient (Wildman–Crippen LogP) is 6.63. The van der Waals surface area contributed by atoms with Crippen LogP contribution in [0.15, 0.2) is 109 Å². The topological polar surface area (TPSA) is 224 Å². The molecule has 0 radical (unpaired) electrons. The Balaban J connectivity index is 0.855. The molecule has 9 atom stereocenters. The first kappa shape index (κ1) is 53.2. The summed E-state index contributed by atoms with van der Waals surface area (Å²) in [5, 5.41) is 14.1. The van der Waals surface area contributed by atoms with Gasteiger partial charge in [0.15, 0.2) is 35.6 Å². The molecule has 2 aromatic heterocycles. The molecule has 2 fully saturated rings. The molecule has 1 amide bonds. The number of hydrogen-bond acceptors (Lipinski definition) is 16. The molecule has 7 rings (SSSR count). The Hall–Kier alpha value is -6.64. The van der Waals surface area contributed by atoms with E-state index in [-0.39, 0.29) is 24.7 Å². The molecule has 19 nitrogen and oxygen atoms in total. The van der Waals surface area contributed by atoms with Crippen LogP contribution in [0.1, 0.15) is 103 Å². The Bertz CT molecular complexity index is 2530. The van der Waals surface area contributed by atoms with Crippen LogP contribution in [-0.4, -0.2) is 143 Å². The van der Waals surface area contributed by atoms with E-state index in [0.29, 0.717) is 66.9 Å². The van der Waals surface area contributed by atoms with Gasteiger partial charge >= 0.3 is 17.9 Å². The zero-order valence-electron chi connectivity index (χ0n) is 41.2. The molecule has 2 aliphatic rings. The van der Waals surface area contributed by atoms with Crippen LogP contribution in [0.5, 0.6) is 0 Å². The minimum absolute atomic E-state index is 0.0717. The molecule has 1 unspecified atom stereocenters. The lowest BCUT2D eigenvalue weighted by Gasteiger charge is -2.44. The lowest BCUT2D eigenvalue weighted by Crippen LogP contribution is -2.58. The molecule has 0 bridgehead atoms. The van der Waals surface area contributed by atoms with E-state index in [4.69, 9.17) is 33.2 Å². The average Bonchev–Trinajstić information content (AvgIpc) is 3.98. The zero-order valence-corrected chi connectivity index (χ0v) is 41.2. The van der Waals surface area contributed by atoms with Gasteiger partial charge in [0.25, 0.3) is 0 Å². The maximum absolute atomic E-state index is 13.5. The molecule has 2 aliphatic heterocycles. The third-order valence-electron chi connectivity index (χ3n) is 12.4. The zero-order chi connectivity index (χ0) is 50.8. The summed E-state index contributed by atoms with van der Waals surface area (Å²) >= 11 is 0. The van der Waals surface area contributed by atoms with Crippen LogP contribution in [-0.2, 0) is 38.0 Å². The first-order valence-electron chi connectivity index (χ1n) is 24.6. The number of nitrogens with one attached hydrogen (secondary N) is 1. The molecule has 0 aliphatic carbocycles. The average molecular weight is 992 g/mol. The molecule has 0 saturated carbocycles. The fourth-order valence-corrected chi connectivity index (χ4v) is 8.48. The number of carbonyl (C=O) groups excluding carboxylic acids is 4. The van der Waals surface area contributed by atoms with Crippen LogP contribution in [0.4, 0.5) is 5.82 Å². The predicted molar refractivity (Wildman–Crippen MR) is 264 cm³/mol. The van der Waals surface area contributed by atoms with Crippen LogP contribution in [0.2, 0.25) is 0 Å². The van der Waals surface area contributed by atoms with Crippen LogP contribution in [0.25, 0.3) is 11.2 Å². The van der Waals surface area contributed by atoms with E-state index in [1.54, 1.807) is 120 Å². The third kappa shape index (κ3) is 14.3. The third-order valence-corrected chi connectivity index (χ3v) is 12.4. The SMILES string of the molecule is CC[C@H]1O[C@@H](n2cnc3c(/N=C\N(C)C)ncnc32)[C@@H](OCCCCCCNC(=O)CCCCO[C@@H]2O[C@H](COC(=O)c3ccccc3)[C@H](OC(=O)c3ccccc3)[C@H](OC(=O)c3ccccc3)[C@H]2C)C1O. The smallest absolute Gasteiger partial charge is 0.338 e. The number of aliphatic imine (C=N–C) groups is 1. The van der Waals surface area contributed by atoms with Crippen molar-refractivity contribution < 1.29 is 57.4 Å². The fraction of sp³-hybridized carbons (Fsp3) is 0.472. The van der Waals surface area contributed by atoms with Gasteiger partial charge in [-0.05, 0) is 68.5 Å². The second-order valence-electron chi connectivity index (χ2n) is 18.0. The van der Waals surface area contributed by atoms with Crippen molar-refractivity contribution in [3.8, 4) is 0 Å². The minimum atomic E-state index is -1.18. The molecule has 72 heavy (non-hydrogen) atoms. The van der Waals surface area contributed by atoms with Crippen molar-refractivity contribution in [3.63, 3.8) is 0 Å². The van der Waals surface area contributed by atoms with Gasteiger partial charge in [-0.2, -0.15) is 0 Å². The van der Waals surface area contributed by atoms with E-state index >= 15 is 0 Å². The van der Waals surface area contributed by atoms with Crippen molar-refractivity contribution in [2.24, 2.45) is 10.9 Å². The van der Waals surface area contributed by atoms with Gasteiger partial charge < -0.3 is 48.5 Å². The van der Waals surface area contributed by atoms with Gasteiger partial charge in [-0.15, -0.1) is 0 Å². The summed E-state index contributed by atoms with van der Waals surface area (Å²) in [7, 11) is 3.73. The van der Waals surface area contributed by atoms with Gasteiger partial charge in [0, 0.05) is 46.2 Å². The molecule has 19 heteroatoms. The molecule has 5 aromatic rings. The number of aliphatic hydroxyl groups is 1. The van der Waals surface area contributed by atoms with Gasteiger partial charge in [-0.25, -0.2) is 34.3 Å². The van der Waals surface area contributed by atoms with Crippen LogP contribution in [0, 0.1) is 5.92 Å². The first-order valence-corrected chi connectivity index (χ1v) is 24.6. The molecular weight excluding hydrogens is 927 g/mol. The van der Waals surface area contributed by atoms with Crippen molar-refractivity contribution in [1.29, 1.82) is 0 Å². The summed E-state index contributed by atoms with van der Waals surface area (Å²) in [6.07, 6.45) is 3.17. The van der Waals surface area contributed by atoms with Gasteiger partial charge in [0.2, 0.25) is 5.91 Å². The highest BCUT2D eigenvalue weighted by Crippen LogP contribution is 2.36. The van der Waals surface area contributed by atoms with E-state index in [1.165, 1.54) is 6.33 Å².